The lowest BCUT2D eigenvalue weighted by molar-refractivity contribution is -0.226. The third-order valence-corrected chi connectivity index (χ3v) is 9.62. The van der Waals surface area contributed by atoms with Crippen LogP contribution in [0, 0.1) is 39.4 Å². The molecule has 7 atom stereocenters. The third kappa shape index (κ3) is 1.72. The summed E-state index contributed by atoms with van der Waals surface area (Å²) in [6.07, 6.45) is 7.60. The van der Waals surface area contributed by atoms with E-state index in [0.29, 0.717) is 28.4 Å². The predicted molar refractivity (Wildman–Crippen MR) is 91.9 cm³/mol. The minimum Gasteiger partial charge on any atom is -0.393 e. The van der Waals surface area contributed by atoms with Gasteiger partial charge >= 0.3 is 0 Å². The molecule has 0 aromatic rings. The molecule has 2 heteroatoms. The molecule has 0 aromatic carbocycles. The van der Waals surface area contributed by atoms with Crippen molar-refractivity contribution in [3.8, 4) is 0 Å². The van der Waals surface area contributed by atoms with Crippen molar-refractivity contribution >= 4 is 5.78 Å². The molecule has 4 aliphatic rings. The molecule has 0 amide bonds. The Balaban J connectivity index is 1.72. The van der Waals surface area contributed by atoms with Gasteiger partial charge in [-0.15, -0.1) is 0 Å². The van der Waals surface area contributed by atoms with Gasteiger partial charge in [0.05, 0.1) is 6.10 Å². The number of aliphatic hydroxyl groups excluding tert-OH is 1. The highest BCUT2D eigenvalue weighted by Crippen LogP contribution is 2.73. The van der Waals surface area contributed by atoms with E-state index in [-0.39, 0.29) is 16.9 Å². The van der Waals surface area contributed by atoms with E-state index < -0.39 is 0 Å². The molecule has 0 spiro atoms. The Morgan fingerprint density at radius 2 is 1.39 bits per heavy atom. The van der Waals surface area contributed by atoms with Gasteiger partial charge < -0.3 is 5.11 Å². The summed E-state index contributed by atoms with van der Waals surface area (Å²) in [5, 5.41) is 10.6. The fraction of sp³-hybridized carbons (Fsp3) is 0.952. The average molecular weight is 319 g/mol. The van der Waals surface area contributed by atoms with Crippen LogP contribution in [0.3, 0.4) is 0 Å². The molecule has 130 valence electrons. The summed E-state index contributed by atoms with van der Waals surface area (Å²) in [7, 11) is 0. The van der Waals surface area contributed by atoms with Crippen molar-refractivity contribution in [1.82, 2.24) is 0 Å². The third-order valence-electron chi connectivity index (χ3n) is 9.62. The molecule has 4 fully saturated rings. The van der Waals surface area contributed by atoms with Crippen LogP contribution in [0.5, 0.6) is 0 Å². The first-order chi connectivity index (χ1) is 10.6. The van der Waals surface area contributed by atoms with Crippen molar-refractivity contribution in [2.24, 2.45) is 39.4 Å². The van der Waals surface area contributed by atoms with Crippen molar-refractivity contribution in [3.63, 3.8) is 0 Å². The van der Waals surface area contributed by atoms with Gasteiger partial charge in [-0.2, -0.15) is 0 Å². The van der Waals surface area contributed by atoms with Gasteiger partial charge in [0, 0.05) is 11.8 Å². The number of rotatable bonds is 0. The van der Waals surface area contributed by atoms with Crippen LogP contribution in [0.4, 0.5) is 0 Å². The van der Waals surface area contributed by atoms with Crippen molar-refractivity contribution in [1.29, 1.82) is 0 Å². The van der Waals surface area contributed by atoms with Crippen LogP contribution in [-0.4, -0.2) is 17.0 Å². The Hall–Kier alpha value is -0.370. The standard InChI is InChI=1S/C21H34O2/c1-18(2)13-6-9-20(4)14(19(13,3)11-8-16(18)22)7-10-21(5)15(20)12-17(21)23/h13-16,22H,6-12H2,1-5H3/t13-,14+,15-,16-,19-,20+,21+/m0/s1. The molecule has 4 rings (SSSR count). The van der Waals surface area contributed by atoms with Gasteiger partial charge in [0.25, 0.3) is 0 Å². The summed E-state index contributed by atoms with van der Waals surface area (Å²) in [4.78, 5) is 12.3. The summed E-state index contributed by atoms with van der Waals surface area (Å²) in [6.45, 7) is 11.9. The normalized spacial score (nSPS) is 57.7. The number of fused-ring (bicyclic) bond motifs is 5. The van der Waals surface area contributed by atoms with Gasteiger partial charge in [-0.3, -0.25) is 4.79 Å². The van der Waals surface area contributed by atoms with Crippen molar-refractivity contribution in [2.45, 2.75) is 85.7 Å². The fourth-order valence-corrected chi connectivity index (χ4v) is 8.08. The van der Waals surface area contributed by atoms with Crippen LogP contribution in [0.15, 0.2) is 0 Å². The number of carbonyl (C=O) groups excluding carboxylic acids is 1. The van der Waals surface area contributed by atoms with E-state index in [2.05, 4.69) is 34.6 Å². The highest BCUT2D eigenvalue weighted by molar-refractivity contribution is 5.91. The molecular weight excluding hydrogens is 284 g/mol. The minimum absolute atomic E-state index is 0.0157. The van der Waals surface area contributed by atoms with Crippen LogP contribution < -0.4 is 0 Å². The van der Waals surface area contributed by atoms with Gasteiger partial charge in [-0.1, -0.05) is 34.6 Å². The number of ketones is 1. The van der Waals surface area contributed by atoms with E-state index in [1.807, 2.05) is 0 Å². The van der Waals surface area contributed by atoms with E-state index in [0.717, 1.165) is 25.2 Å². The molecule has 0 bridgehead atoms. The Kier molecular flexibility index (Phi) is 3.10. The summed E-state index contributed by atoms with van der Waals surface area (Å²) < 4.78 is 0. The van der Waals surface area contributed by atoms with Crippen molar-refractivity contribution < 1.29 is 9.90 Å². The van der Waals surface area contributed by atoms with Crippen molar-refractivity contribution in [2.75, 3.05) is 0 Å². The summed E-state index contributed by atoms with van der Waals surface area (Å²) in [6, 6.07) is 0. The molecule has 23 heavy (non-hydrogen) atoms. The largest absolute Gasteiger partial charge is 0.393 e. The van der Waals surface area contributed by atoms with E-state index in [4.69, 9.17) is 0 Å². The second-order valence-electron chi connectivity index (χ2n) is 10.7. The maximum absolute atomic E-state index is 12.3. The van der Waals surface area contributed by atoms with Crippen LogP contribution in [-0.2, 0) is 4.79 Å². The van der Waals surface area contributed by atoms with Crippen LogP contribution >= 0.6 is 0 Å². The quantitative estimate of drug-likeness (QED) is 0.709. The zero-order chi connectivity index (χ0) is 16.8. The van der Waals surface area contributed by atoms with Crippen LogP contribution in [0.1, 0.15) is 79.6 Å². The van der Waals surface area contributed by atoms with E-state index >= 15 is 0 Å². The van der Waals surface area contributed by atoms with Gasteiger partial charge in [0.1, 0.15) is 5.78 Å². The maximum Gasteiger partial charge on any atom is 0.139 e. The molecule has 1 N–H and O–H groups in total. The molecule has 0 saturated heterocycles. The Morgan fingerprint density at radius 1 is 0.826 bits per heavy atom. The Labute approximate surface area is 141 Å². The van der Waals surface area contributed by atoms with E-state index in [9.17, 15) is 9.90 Å². The summed E-state index contributed by atoms with van der Waals surface area (Å²) in [5.74, 6) is 2.48. The molecule has 0 heterocycles. The maximum atomic E-state index is 12.3. The topological polar surface area (TPSA) is 37.3 Å². The predicted octanol–water partition coefficient (Wildman–Crippen LogP) is 4.60. The lowest BCUT2D eigenvalue weighted by Crippen LogP contribution is -2.67. The Morgan fingerprint density at radius 3 is 2.04 bits per heavy atom. The molecule has 0 aromatic heterocycles. The average Bonchev–Trinajstić information content (AvgIpc) is 2.47. The van der Waals surface area contributed by atoms with Crippen LogP contribution in [0.2, 0.25) is 0 Å². The first-order valence-corrected chi connectivity index (χ1v) is 9.78. The number of carbonyl (C=O) groups is 1. The highest BCUT2D eigenvalue weighted by Gasteiger charge is 2.69. The number of hydrogen-bond acceptors (Lipinski definition) is 2. The molecule has 0 aliphatic heterocycles. The second-order valence-corrected chi connectivity index (χ2v) is 10.7. The molecule has 2 nitrogen and oxygen atoms in total. The number of aliphatic hydroxyl groups is 1. The molecule has 4 aliphatic carbocycles. The minimum atomic E-state index is -0.149. The van der Waals surface area contributed by atoms with Gasteiger partial charge in [-0.05, 0) is 72.5 Å². The lowest BCUT2D eigenvalue weighted by atomic mass is 9.33. The first-order valence-electron chi connectivity index (χ1n) is 9.78. The lowest BCUT2D eigenvalue weighted by Gasteiger charge is -2.70. The zero-order valence-corrected chi connectivity index (χ0v) is 15.6. The zero-order valence-electron chi connectivity index (χ0n) is 15.6. The van der Waals surface area contributed by atoms with Gasteiger partial charge in [-0.25, -0.2) is 0 Å². The van der Waals surface area contributed by atoms with E-state index in [1.165, 1.54) is 25.7 Å². The molecule has 4 saturated carbocycles. The first kappa shape index (κ1) is 16.1. The molecule has 0 unspecified atom stereocenters. The summed E-state index contributed by atoms with van der Waals surface area (Å²) >= 11 is 0. The highest BCUT2D eigenvalue weighted by atomic mass is 16.3. The monoisotopic (exact) mass is 318 g/mol. The Bertz CT molecular complexity index is 552. The fourth-order valence-electron chi connectivity index (χ4n) is 8.08. The van der Waals surface area contributed by atoms with Gasteiger partial charge in [0.15, 0.2) is 0 Å². The SMILES string of the molecule is CC1(C)[C@@H](O)CC[C@]2(C)[C@H]3CC[C@@]4(C)C(=O)C[C@H]4[C@]3(C)CC[C@@H]12. The smallest absolute Gasteiger partial charge is 0.139 e. The molecule has 0 radical (unpaired) electrons. The second kappa shape index (κ2) is 4.42. The van der Waals surface area contributed by atoms with Gasteiger partial charge in [0.2, 0.25) is 0 Å². The number of Topliss-reactive ketones (excluding diaryl/α,β-unsaturated/α-hetero) is 1. The number of hydrogen-bond donors (Lipinski definition) is 1. The molecular formula is C21H34O2. The summed E-state index contributed by atoms with van der Waals surface area (Å²) in [5.41, 5.74) is 0.697. The van der Waals surface area contributed by atoms with Crippen LogP contribution in [0.25, 0.3) is 0 Å². The van der Waals surface area contributed by atoms with Crippen molar-refractivity contribution in [3.05, 3.63) is 0 Å². The van der Waals surface area contributed by atoms with E-state index in [1.54, 1.807) is 0 Å².